The molecule has 0 saturated carbocycles. The Kier molecular flexibility index (Phi) is 4.25. The van der Waals surface area contributed by atoms with Gasteiger partial charge < -0.3 is 0 Å². The fraction of sp³-hybridized carbons (Fsp3) is 1.00. The van der Waals surface area contributed by atoms with Gasteiger partial charge in [0.15, 0.2) is 0 Å². The zero-order valence-electron chi connectivity index (χ0n) is 7.26. The first-order valence-electron chi connectivity index (χ1n) is 3.46. The van der Waals surface area contributed by atoms with E-state index in [4.69, 9.17) is 0 Å². The summed E-state index contributed by atoms with van der Waals surface area (Å²) in [5, 5.41) is 0. The van der Waals surface area contributed by atoms with Crippen LogP contribution in [0, 0.1) is 0 Å². The molecule has 0 aliphatic carbocycles. The zero-order valence-corrected chi connectivity index (χ0v) is 7.26. The van der Waals surface area contributed by atoms with E-state index in [9.17, 15) is 48.3 Å². The van der Waals surface area contributed by atoms with Crippen molar-refractivity contribution in [1.82, 2.24) is 4.90 Å². The fourth-order valence-electron chi connectivity index (χ4n) is 0.710. The van der Waals surface area contributed by atoms with Gasteiger partial charge in [0.25, 0.3) is 0 Å². The van der Waals surface area contributed by atoms with Crippen molar-refractivity contribution in [2.75, 3.05) is 0 Å². The number of hydrogen-bond donors (Lipinski definition) is 0. The van der Waals surface area contributed by atoms with E-state index in [0.29, 0.717) is 0 Å². The molecule has 0 heterocycles. The smallest absolute Gasteiger partial charge is 0.233 e. The Bertz CT molecular complexity index is 234. The molecule has 0 fully saturated rings. The van der Waals surface area contributed by atoms with Crippen LogP contribution in [0.15, 0.2) is 0 Å². The monoisotopic (exact) mass is 285 g/mol. The third-order valence-electron chi connectivity index (χ3n) is 1.35. The maximum absolute atomic E-state index is 12.3. The van der Waals surface area contributed by atoms with Gasteiger partial charge in [-0.3, -0.25) is 0 Å². The van der Waals surface area contributed by atoms with Gasteiger partial charge in [-0.05, 0) is 0 Å². The predicted octanol–water partition coefficient (Wildman–Crippen LogP) is 3.52. The number of alkyl halides is 11. The lowest BCUT2D eigenvalue weighted by molar-refractivity contribution is -0.408. The van der Waals surface area contributed by atoms with E-state index >= 15 is 0 Å². The minimum Gasteiger partial charge on any atom is -0.233 e. The van der Waals surface area contributed by atoms with E-state index in [1.165, 1.54) is 0 Å². The van der Waals surface area contributed by atoms with Gasteiger partial charge in [-0.1, -0.05) is 4.90 Å². The Morgan fingerprint density at radius 1 is 0.647 bits per heavy atom. The number of rotatable bonds is 2. The summed E-state index contributed by atoms with van der Waals surface area (Å²) < 4.78 is 129. The van der Waals surface area contributed by atoms with Gasteiger partial charge in [-0.2, -0.15) is 39.5 Å². The summed E-state index contributed by atoms with van der Waals surface area (Å²) in [6, 6.07) is 0. The van der Waals surface area contributed by atoms with Gasteiger partial charge in [0, 0.05) is 0 Å². The molecule has 0 saturated heterocycles. The number of halogens is 11. The topological polar surface area (TPSA) is 3.24 Å². The van der Waals surface area contributed by atoms with E-state index in [-0.39, 0.29) is 0 Å². The van der Waals surface area contributed by atoms with Crippen molar-refractivity contribution >= 4 is 0 Å². The van der Waals surface area contributed by atoms with E-state index in [0.717, 1.165) is 0 Å². The maximum atomic E-state index is 12.3. The highest BCUT2D eigenvalue weighted by Gasteiger charge is 2.63. The standard InChI is InChI=1S/C5H2F11N/c6-1(3(8,9)10)2(7)17(4(11,12)13)5(14,15)16/h1-2H. The lowest BCUT2D eigenvalue weighted by Gasteiger charge is -2.31. The van der Waals surface area contributed by atoms with Crippen LogP contribution < -0.4 is 0 Å². The van der Waals surface area contributed by atoms with Crippen molar-refractivity contribution in [3.63, 3.8) is 0 Å². The second-order valence-corrected chi connectivity index (χ2v) is 2.62. The number of hydrogen-bond acceptors (Lipinski definition) is 1. The van der Waals surface area contributed by atoms with Gasteiger partial charge in [-0.25, -0.2) is 8.78 Å². The molecule has 0 aromatic heterocycles. The highest BCUT2D eigenvalue weighted by Crippen LogP contribution is 2.40. The molecule has 1 nitrogen and oxygen atoms in total. The van der Waals surface area contributed by atoms with Crippen molar-refractivity contribution in [2.45, 2.75) is 31.2 Å². The molecule has 0 aromatic carbocycles. The lowest BCUT2D eigenvalue weighted by Crippen LogP contribution is -2.57. The van der Waals surface area contributed by atoms with Crippen LogP contribution in [0.25, 0.3) is 0 Å². The molecule has 2 unspecified atom stereocenters. The first-order valence-corrected chi connectivity index (χ1v) is 3.46. The molecule has 2 atom stereocenters. The van der Waals surface area contributed by atoms with Crippen molar-refractivity contribution < 1.29 is 48.3 Å². The van der Waals surface area contributed by atoms with Crippen LogP contribution in [0.5, 0.6) is 0 Å². The highest BCUT2D eigenvalue weighted by molar-refractivity contribution is 4.79. The summed E-state index contributed by atoms with van der Waals surface area (Å²) in [5.41, 5.74) is 0. The summed E-state index contributed by atoms with van der Waals surface area (Å²) in [6.07, 6.45) is -29.2. The molecular weight excluding hydrogens is 283 g/mol. The van der Waals surface area contributed by atoms with Crippen LogP contribution in [0.2, 0.25) is 0 Å². The quantitative estimate of drug-likeness (QED) is 0.554. The summed E-state index contributed by atoms with van der Waals surface area (Å²) in [6.45, 7) is 0. The Hall–Kier alpha value is -0.810. The Labute approximate surface area is 85.8 Å². The van der Waals surface area contributed by atoms with E-state index in [1.807, 2.05) is 0 Å². The average molecular weight is 285 g/mol. The Balaban J connectivity index is 5.24. The van der Waals surface area contributed by atoms with Crippen LogP contribution in [0.1, 0.15) is 0 Å². The largest absolute Gasteiger partial charge is 0.469 e. The maximum Gasteiger partial charge on any atom is 0.469 e. The Morgan fingerprint density at radius 3 is 1.12 bits per heavy atom. The summed E-state index contributed by atoms with van der Waals surface area (Å²) in [7, 11) is 0. The summed E-state index contributed by atoms with van der Waals surface area (Å²) >= 11 is 0. The van der Waals surface area contributed by atoms with Crippen molar-refractivity contribution in [2.24, 2.45) is 0 Å². The molecule has 0 amide bonds. The minimum atomic E-state index is -6.53. The second kappa shape index (κ2) is 4.46. The minimum absolute atomic E-state index is 3.10. The molecule has 0 spiro atoms. The Morgan fingerprint density at radius 2 is 0.941 bits per heavy atom. The number of nitrogens with zero attached hydrogens (tertiary/aromatic N) is 1. The third-order valence-corrected chi connectivity index (χ3v) is 1.35. The predicted molar refractivity (Wildman–Crippen MR) is 29.8 cm³/mol. The van der Waals surface area contributed by atoms with Crippen LogP contribution in [-0.2, 0) is 0 Å². The first kappa shape index (κ1) is 16.2. The van der Waals surface area contributed by atoms with Crippen LogP contribution in [-0.4, -0.2) is 36.1 Å². The van der Waals surface area contributed by atoms with Crippen molar-refractivity contribution in [3.8, 4) is 0 Å². The lowest BCUT2D eigenvalue weighted by atomic mass is 10.3. The molecular formula is C5H2F11N. The van der Waals surface area contributed by atoms with E-state index in [2.05, 4.69) is 0 Å². The molecule has 17 heavy (non-hydrogen) atoms. The molecule has 0 aliphatic rings. The molecule has 0 rings (SSSR count). The third kappa shape index (κ3) is 4.16. The second-order valence-electron chi connectivity index (χ2n) is 2.62. The molecule has 0 bridgehead atoms. The van der Waals surface area contributed by atoms with Gasteiger partial charge >= 0.3 is 18.8 Å². The first-order chi connectivity index (χ1) is 7.19. The molecule has 12 heteroatoms. The van der Waals surface area contributed by atoms with Gasteiger partial charge in [0.1, 0.15) is 0 Å². The molecule has 104 valence electrons. The molecule has 0 radical (unpaired) electrons. The van der Waals surface area contributed by atoms with Gasteiger partial charge in [0.05, 0.1) is 0 Å². The van der Waals surface area contributed by atoms with Crippen molar-refractivity contribution in [1.29, 1.82) is 0 Å². The normalized spacial score (nSPS) is 18.4. The average Bonchev–Trinajstić information content (AvgIpc) is 1.94. The van der Waals surface area contributed by atoms with Crippen LogP contribution >= 0.6 is 0 Å². The van der Waals surface area contributed by atoms with Gasteiger partial charge in [0.2, 0.25) is 12.5 Å². The van der Waals surface area contributed by atoms with Crippen LogP contribution in [0.3, 0.4) is 0 Å². The molecule has 0 N–H and O–H groups in total. The van der Waals surface area contributed by atoms with E-state index < -0.39 is 36.1 Å². The SMILES string of the molecule is FC(C(F)C(F)(F)F)N(C(F)(F)F)C(F)(F)F. The molecule has 0 aromatic rings. The van der Waals surface area contributed by atoms with E-state index in [1.54, 1.807) is 0 Å². The van der Waals surface area contributed by atoms with Gasteiger partial charge in [-0.15, -0.1) is 0 Å². The fourth-order valence-corrected chi connectivity index (χ4v) is 0.710. The highest BCUT2D eigenvalue weighted by atomic mass is 19.4. The summed E-state index contributed by atoms with van der Waals surface area (Å²) in [5.74, 6) is 0. The van der Waals surface area contributed by atoms with Crippen LogP contribution in [0.4, 0.5) is 48.3 Å². The zero-order chi connectivity index (χ0) is 14.2. The summed E-state index contributed by atoms with van der Waals surface area (Å²) in [4.78, 5) is -3.10. The molecule has 0 aliphatic heterocycles. The van der Waals surface area contributed by atoms with Crippen molar-refractivity contribution in [3.05, 3.63) is 0 Å².